The first kappa shape index (κ1) is 18.3. The maximum atomic E-state index is 12.0. The molecule has 0 radical (unpaired) electrons. The number of hydrogen-bond acceptors (Lipinski definition) is 6. The molecule has 2 N–H and O–H groups in total. The Morgan fingerprint density at radius 1 is 1.33 bits per heavy atom. The van der Waals surface area contributed by atoms with E-state index in [4.69, 9.17) is 0 Å². The van der Waals surface area contributed by atoms with Gasteiger partial charge in [0, 0.05) is 24.9 Å². The molecule has 1 heterocycles. The zero-order valence-corrected chi connectivity index (χ0v) is 15.2. The van der Waals surface area contributed by atoms with Gasteiger partial charge < -0.3 is 5.32 Å². The maximum absolute atomic E-state index is 12.0. The van der Waals surface area contributed by atoms with Crippen molar-refractivity contribution in [2.45, 2.75) is 12.1 Å². The van der Waals surface area contributed by atoms with Crippen LogP contribution in [0.2, 0.25) is 0 Å². The Bertz CT molecular complexity index is 802. The third-order valence-electron chi connectivity index (χ3n) is 3.19. The number of H-pyrrole nitrogens is 1. The number of nitrogens with one attached hydrogen (secondary N) is 2. The number of aromatic amines is 1. The van der Waals surface area contributed by atoms with Crippen molar-refractivity contribution in [3.05, 3.63) is 35.7 Å². The summed E-state index contributed by atoms with van der Waals surface area (Å²) in [6, 6.07) is 6.39. The van der Waals surface area contributed by atoms with Gasteiger partial charge in [-0.05, 0) is 31.2 Å². The molecule has 2 rings (SSSR count). The first-order valence-electron chi connectivity index (χ1n) is 7.11. The summed E-state index contributed by atoms with van der Waals surface area (Å²) in [6.45, 7) is 2.30. The summed E-state index contributed by atoms with van der Waals surface area (Å²) in [6.07, 6.45) is 1.13. The lowest BCUT2D eigenvalue weighted by Crippen LogP contribution is -2.26. The van der Waals surface area contributed by atoms with Crippen LogP contribution in [0.3, 0.4) is 0 Å². The first-order chi connectivity index (χ1) is 11.3. The molecule has 0 unspecified atom stereocenters. The Morgan fingerprint density at radius 3 is 2.54 bits per heavy atom. The highest BCUT2D eigenvalue weighted by atomic mass is 32.2. The van der Waals surface area contributed by atoms with Crippen LogP contribution in [0, 0.1) is 6.92 Å². The van der Waals surface area contributed by atoms with Crippen LogP contribution in [-0.4, -0.2) is 55.1 Å². The predicted octanol–water partition coefficient (Wildman–Crippen LogP) is 1.03. The van der Waals surface area contributed by atoms with E-state index < -0.39 is 10.0 Å². The Kier molecular flexibility index (Phi) is 5.84. The average molecular weight is 369 g/mol. The monoisotopic (exact) mass is 369 g/mol. The van der Waals surface area contributed by atoms with Gasteiger partial charge in [0.2, 0.25) is 15.2 Å². The summed E-state index contributed by atoms with van der Waals surface area (Å²) in [5.74, 6) is 1.19. The van der Waals surface area contributed by atoms with Gasteiger partial charge in [0.05, 0.1) is 11.9 Å². The van der Waals surface area contributed by atoms with Crippen LogP contribution < -0.4 is 9.62 Å². The standard InChI is InChI=1S/C14H19N5O3S2/c1-10-16-14(18-17-10)23-9-8-15-13(20)11-4-6-12(7-5-11)19(2)24(3,21)22/h4-7H,8-9H2,1-3H3,(H,15,20)(H,16,17,18). The number of benzene rings is 1. The fraction of sp³-hybridized carbons (Fsp3) is 0.357. The molecule has 0 bridgehead atoms. The van der Waals surface area contributed by atoms with Gasteiger partial charge in [0.15, 0.2) is 0 Å². The molecule has 2 aromatic rings. The maximum Gasteiger partial charge on any atom is 0.251 e. The average Bonchev–Trinajstić information content (AvgIpc) is 2.95. The minimum Gasteiger partial charge on any atom is -0.351 e. The lowest BCUT2D eigenvalue weighted by molar-refractivity contribution is 0.0956. The Hall–Kier alpha value is -2.07. The van der Waals surface area contributed by atoms with E-state index in [1.807, 2.05) is 6.92 Å². The van der Waals surface area contributed by atoms with Gasteiger partial charge in [-0.1, -0.05) is 11.8 Å². The van der Waals surface area contributed by atoms with Gasteiger partial charge >= 0.3 is 0 Å². The second-order valence-electron chi connectivity index (χ2n) is 5.09. The normalized spacial score (nSPS) is 11.3. The highest BCUT2D eigenvalue weighted by molar-refractivity contribution is 7.99. The molecule has 0 spiro atoms. The molecule has 1 amide bonds. The van der Waals surface area contributed by atoms with Gasteiger partial charge in [-0.15, -0.1) is 5.10 Å². The summed E-state index contributed by atoms with van der Waals surface area (Å²) >= 11 is 1.45. The van der Waals surface area contributed by atoms with Crippen molar-refractivity contribution in [3.63, 3.8) is 0 Å². The highest BCUT2D eigenvalue weighted by Crippen LogP contribution is 2.16. The topological polar surface area (TPSA) is 108 Å². The fourth-order valence-electron chi connectivity index (χ4n) is 1.81. The third-order valence-corrected chi connectivity index (χ3v) is 5.24. The lowest BCUT2D eigenvalue weighted by Gasteiger charge is -2.16. The van der Waals surface area contributed by atoms with Crippen LogP contribution in [-0.2, 0) is 10.0 Å². The SMILES string of the molecule is Cc1nc(SCCNC(=O)c2ccc(N(C)S(C)(=O)=O)cc2)n[nH]1. The van der Waals surface area contributed by atoms with E-state index in [1.165, 1.54) is 18.8 Å². The Balaban J connectivity index is 1.84. The number of thioether (sulfide) groups is 1. The van der Waals surface area contributed by atoms with E-state index in [0.717, 1.165) is 16.4 Å². The zero-order valence-electron chi connectivity index (χ0n) is 13.6. The third kappa shape index (κ3) is 4.96. The van der Waals surface area contributed by atoms with Crippen molar-refractivity contribution < 1.29 is 13.2 Å². The summed E-state index contributed by atoms with van der Waals surface area (Å²) in [5, 5.41) is 10.2. The number of sulfonamides is 1. The van der Waals surface area contributed by atoms with Crippen LogP contribution in [0.15, 0.2) is 29.4 Å². The largest absolute Gasteiger partial charge is 0.351 e. The van der Waals surface area contributed by atoms with Gasteiger partial charge in [0.1, 0.15) is 5.82 Å². The minimum atomic E-state index is -3.32. The molecule has 0 fully saturated rings. The Labute approximate surface area is 145 Å². The van der Waals surface area contributed by atoms with E-state index >= 15 is 0 Å². The zero-order chi connectivity index (χ0) is 17.7. The van der Waals surface area contributed by atoms with E-state index in [9.17, 15) is 13.2 Å². The molecule has 0 aliphatic carbocycles. The van der Waals surface area contributed by atoms with Crippen molar-refractivity contribution in [3.8, 4) is 0 Å². The number of carbonyl (C=O) groups is 1. The highest BCUT2D eigenvalue weighted by Gasteiger charge is 2.12. The van der Waals surface area contributed by atoms with Crippen LogP contribution in [0.4, 0.5) is 5.69 Å². The molecule has 130 valence electrons. The van der Waals surface area contributed by atoms with Crippen molar-refractivity contribution in [1.29, 1.82) is 0 Å². The van der Waals surface area contributed by atoms with Crippen LogP contribution in [0.1, 0.15) is 16.2 Å². The van der Waals surface area contributed by atoms with Crippen molar-refractivity contribution in [2.24, 2.45) is 0 Å². The molecule has 1 aromatic carbocycles. The van der Waals surface area contributed by atoms with Crippen LogP contribution in [0.25, 0.3) is 0 Å². The Morgan fingerprint density at radius 2 is 2.00 bits per heavy atom. The number of aromatic nitrogens is 3. The lowest BCUT2D eigenvalue weighted by atomic mass is 10.2. The minimum absolute atomic E-state index is 0.213. The molecular formula is C14H19N5O3S2. The smallest absolute Gasteiger partial charge is 0.251 e. The summed E-state index contributed by atoms with van der Waals surface area (Å²) in [7, 11) is -1.85. The second-order valence-corrected chi connectivity index (χ2v) is 8.16. The van der Waals surface area contributed by atoms with E-state index in [2.05, 4.69) is 20.5 Å². The molecule has 1 aromatic heterocycles. The van der Waals surface area contributed by atoms with Crippen molar-refractivity contribution >= 4 is 33.4 Å². The molecule has 0 aliphatic rings. The van der Waals surface area contributed by atoms with Crippen LogP contribution >= 0.6 is 11.8 Å². The molecule has 24 heavy (non-hydrogen) atoms. The molecular weight excluding hydrogens is 350 g/mol. The predicted molar refractivity (Wildman–Crippen MR) is 93.9 cm³/mol. The van der Waals surface area contributed by atoms with Crippen molar-refractivity contribution in [1.82, 2.24) is 20.5 Å². The van der Waals surface area contributed by atoms with E-state index in [0.29, 0.717) is 28.7 Å². The van der Waals surface area contributed by atoms with Gasteiger partial charge in [0.25, 0.3) is 5.91 Å². The van der Waals surface area contributed by atoms with Gasteiger partial charge in [-0.2, -0.15) is 0 Å². The molecule has 0 saturated carbocycles. The fourth-order valence-corrected chi connectivity index (χ4v) is 3.01. The van der Waals surface area contributed by atoms with E-state index in [1.54, 1.807) is 24.3 Å². The molecule has 0 saturated heterocycles. The van der Waals surface area contributed by atoms with Gasteiger partial charge in [-0.3, -0.25) is 14.2 Å². The van der Waals surface area contributed by atoms with E-state index in [-0.39, 0.29) is 5.91 Å². The number of hydrogen-bond donors (Lipinski definition) is 2. The first-order valence-corrected chi connectivity index (χ1v) is 9.95. The summed E-state index contributed by atoms with van der Waals surface area (Å²) < 4.78 is 24.1. The number of aryl methyl sites for hydroxylation is 1. The second kappa shape index (κ2) is 7.67. The summed E-state index contributed by atoms with van der Waals surface area (Å²) in [4.78, 5) is 16.2. The molecule has 10 heteroatoms. The van der Waals surface area contributed by atoms with Crippen LogP contribution in [0.5, 0.6) is 0 Å². The number of amides is 1. The van der Waals surface area contributed by atoms with Crippen molar-refractivity contribution in [2.75, 3.05) is 29.9 Å². The number of anilines is 1. The number of rotatable bonds is 7. The number of nitrogens with zero attached hydrogens (tertiary/aromatic N) is 3. The molecule has 0 aliphatic heterocycles. The molecule has 8 nitrogen and oxygen atoms in total. The molecule has 0 atom stereocenters. The summed E-state index contributed by atoms with van der Waals surface area (Å²) in [5.41, 5.74) is 0.976. The van der Waals surface area contributed by atoms with Gasteiger partial charge in [-0.25, -0.2) is 13.4 Å². The quantitative estimate of drug-likeness (QED) is 0.557. The number of carbonyl (C=O) groups excluding carboxylic acids is 1.